The number of carbonyl (C=O) groups is 1. The van der Waals surface area contributed by atoms with Crippen LogP contribution in [0.3, 0.4) is 0 Å². The highest BCUT2D eigenvalue weighted by Gasteiger charge is 2.39. The fraction of sp³-hybridized carbons (Fsp3) is 0.824. The molecule has 0 aromatic rings. The van der Waals surface area contributed by atoms with E-state index in [2.05, 4.69) is 33.4 Å². The minimum absolute atomic E-state index is 0.0921. The number of rotatable bonds is 9. The van der Waals surface area contributed by atoms with Crippen molar-refractivity contribution in [2.45, 2.75) is 69.5 Å². The van der Waals surface area contributed by atoms with Crippen LogP contribution in [-0.2, 0) is 4.79 Å². The highest BCUT2D eigenvalue weighted by Crippen LogP contribution is 2.37. The lowest BCUT2D eigenvalue weighted by Crippen LogP contribution is -2.39. The predicted molar refractivity (Wildman–Crippen MR) is 87.4 cm³/mol. The Morgan fingerprint density at radius 2 is 2.05 bits per heavy atom. The molecule has 2 aliphatic rings. The molecular weight excluding hydrogens is 276 g/mol. The van der Waals surface area contributed by atoms with E-state index >= 15 is 0 Å². The van der Waals surface area contributed by atoms with Crippen molar-refractivity contribution in [3.63, 3.8) is 0 Å². The third-order valence-electron chi connectivity index (χ3n) is 4.79. The topological polar surface area (TPSA) is 57.1 Å². The van der Waals surface area contributed by atoms with Crippen molar-refractivity contribution in [2.75, 3.05) is 20.1 Å². The summed E-state index contributed by atoms with van der Waals surface area (Å²) in [7, 11) is 2.17. The molecule has 0 unspecified atom stereocenters. The summed E-state index contributed by atoms with van der Waals surface area (Å²) in [5.74, 6) is 2.70. The van der Waals surface area contributed by atoms with Crippen LogP contribution in [0.5, 0.6) is 0 Å². The molecule has 0 saturated heterocycles. The molecule has 0 atom stereocenters. The second-order valence-electron chi connectivity index (χ2n) is 6.51. The molecule has 1 aliphatic carbocycles. The molecule has 5 nitrogen and oxygen atoms in total. The van der Waals surface area contributed by atoms with Gasteiger partial charge in [-0.1, -0.05) is 19.3 Å². The van der Waals surface area contributed by atoms with Crippen molar-refractivity contribution in [1.82, 2.24) is 10.2 Å². The Hall–Kier alpha value is -1.41. The van der Waals surface area contributed by atoms with Crippen LogP contribution in [0.1, 0.15) is 57.8 Å². The van der Waals surface area contributed by atoms with E-state index in [9.17, 15) is 4.79 Å². The van der Waals surface area contributed by atoms with E-state index in [-0.39, 0.29) is 11.6 Å². The maximum Gasteiger partial charge on any atom is 0.220 e. The molecule has 1 fully saturated rings. The number of nitrogens with zero attached hydrogens (tertiary/aromatic N) is 3. The summed E-state index contributed by atoms with van der Waals surface area (Å²) in [4.78, 5) is 14.3. The van der Waals surface area contributed by atoms with Gasteiger partial charge in [-0.3, -0.25) is 4.79 Å². The molecule has 122 valence electrons. The smallest absolute Gasteiger partial charge is 0.220 e. The Labute approximate surface area is 133 Å². The maximum atomic E-state index is 11.9. The molecule has 0 radical (unpaired) electrons. The van der Waals surface area contributed by atoms with Crippen LogP contribution in [0.4, 0.5) is 0 Å². The molecule has 0 aromatic heterocycles. The van der Waals surface area contributed by atoms with Crippen LogP contribution in [0.25, 0.3) is 0 Å². The third-order valence-corrected chi connectivity index (χ3v) is 4.79. The van der Waals surface area contributed by atoms with Gasteiger partial charge in [0.25, 0.3) is 0 Å². The number of carbonyl (C=O) groups excluding carboxylic acids is 1. The summed E-state index contributed by atoms with van der Waals surface area (Å²) in [5.41, 5.74) is -0.345. The van der Waals surface area contributed by atoms with Crippen LogP contribution in [0.15, 0.2) is 10.2 Å². The molecule has 22 heavy (non-hydrogen) atoms. The lowest BCUT2D eigenvalue weighted by Gasteiger charge is -2.31. The van der Waals surface area contributed by atoms with Crippen LogP contribution < -0.4 is 5.32 Å². The summed E-state index contributed by atoms with van der Waals surface area (Å²) in [6.07, 6.45) is 14.5. The van der Waals surface area contributed by atoms with Gasteiger partial charge in [-0.05, 0) is 19.9 Å². The molecule has 1 heterocycles. The zero-order valence-electron chi connectivity index (χ0n) is 13.7. The largest absolute Gasteiger partial charge is 0.355 e. The number of hydrogen-bond acceptors (Lipinski definition) is 4. The first-order valence-corrected chi connectivity index (χ1v) is 8.50. The van der Waals surface area contributed by atoms with Crippen molar-refractivity contribution in [3.8, 4) is 12.3 Å². The van der Waals surface area contributed by atoms with Crippen LogP contribution in [-0.4, -0.2) is 42.6 Å². The Balaban J connectivity index is 1.55. The predicted octanol–water partition coefficient (Wildman–Crippen LogP) is 2.72. The highest BCUT2D eigenvalue weighted by atomic mass is 16.1. The second-order valence-corrected chi connectivity index (χ2v) is 6.51. The molecular formula is C17H28N4O. The normalized spacial score (nSPS) is 19.9. The average molecular weight is 304 g/mol. The van der Waals surface area contributed by atoms with Gasteiger partial charge in [0.2, 0.25) is 5.91 Å². The molecule has 0 bridgehead atoms. The van der Waals surface area contributed by atoms with Crippen molar-refractivity contribution in [2.24, 2.45) is 10.2 Å². The molecule has 0 aromatic carbocycles. The van der Waals surface area contributed by atoms with Crippen LogP contribution in [0.2, 0.25) is 0 Å². The fourth-order valence-corrected chi connectivity index (χ4v) is 3.15. The number of amides is 1. The Kier molecular flexibility index (Phi) is 6.38. The zero-order chi connectivity index (χ0) is 15.8. The van der Waals surface area contributed by atoms with Crippen molar-refractivity contribution < 1.29 is 4.79 Å². The average Bonchev–Trinajstić information content (AvgIpc) is 3.32. The number of terminal acetylenes is 1. The first-order valence-electron chi connectivity index (χ1n) is 8.50. The molecule has 5 heteroatoms. The van der Waals surface area contributed by atoms with Gasteiger partial charge in [-0.2, -0.15) is 10.2 Å². The van der Waals surface area contributed by atoms with Gasteiger partial charge < -0.3 is 10.2 Å². The lowest BCUT2D eigenvalue weighted by molar-refractivity contribution is -0.121. The summed E-state index contributed by atoms with van der Waals surface area (Å²) < 4.78 is 0. The van der Waals surface area contributed by atoms with Crippen molar-refractivity contribution >= 4 is 5.91 Å². The standard InChI is InChI=1S/C17H28N4O/c1-3-4-11-17(19-20-17)12-10-16(22)18-13-14-21(2)15-8-6-5-7-9-15/h1,15H,4-14H2,2H3,(H,18,22). The van der Waals surface area contributed by atoms with E-state index in [1.165, 1.54) is 32.1 Å². The Morgan fingerprint density at radius 3 is 2.68 bits per heavy atom. The summed E-state index contributed by atoms with van der Waals surface area (Å²) in [6, 6.07) is 0.696. The first kappa shape index (κ1) is 17.0. The van der Waals surface area contributed by atoms with Gasteiger partial charge in [-0.25, -0.2) is 0 Å². The van der Waals surface area contributed by atoms with Gasteiger partial charge in [-0.15, -0.1) is 12.3 Å². The summed E-state index contributed by atoms with van der Waals surface area (Å²) in [6.45, 7) is 1.64. The minimum Gasteiger partial charge on any atom is -0.355 e. The highest BCUT2D eigenvalue weighted by molar-refractivity contribution is 5.75. The maximum absolute atomic E-state index is 11.9. The Bertz CT molecular complexity index is 428. The van der Waals surface area contributed by atoms with Gasteiger partial charge in [0.1, 0.15) is 0 Å². The summed E-state index contributed by atoms with van der Waals surface area (Å²) >= 11 is 0. The van der Waals surface area contributed by atoms with E-state index in [4.69, 9.17) is 6.42 Å². The quantitative estimate of drug-likeness (QED) is 0.666. The van der Waals surface area contributed by atoms with E-state index in [0.717, 1.165) is 19.5 Å². The first-order chi connectivity index (χ1) is 10.7. The molecule has 1 saturated carbocycles. The SMILES string of the molecule is C#CCCC1(CCC(=O)NCCN(C)C2CCCCC2)N=N1. The zero-order valence-corrected chi connectivity index (χ0v) is 13.7. The fourth-order valence-electron chi connectivity index (χ4n) is 3.15. The summed E-state index contributed by atoms with van der Waals surface area (Å²) in [5, 5.41) is 11.1. The van der Waals surface area contributed by atoms with Gasteiger partial charge >= 0.3 is 0 Å². The van der Waals surface area contributed by atoms with E-state index in [0.29, 0.717) is 25.3 Å². The second kappa shape index (κ2) is 8.28. The number of hydrogen-bond donors (Lipinski definition) is 1. The van der Waals surface area contributed by atoms with Crippen LogP contribution in [0, 0.1) is 12.3 Å². The van der Waals surface area contributed by atoms with Gasteiger partial charge in [0.15, 0.2) is 5.66 Å². The molecule has 0 spiro atoms. The van der Waals surface area contributed by atoms with Gasteiger partial charge in [0, 0.05) is 44.8 Å². The minimum atomic E-state index is -0.345. The molecule has 1 amide bonds. The molecule has 1 aliphatic heterocycles. The monoisotopic (exact) mass is 304 g/mol. The molecule has 1 N–H and O–H groups in total. The van der Waals surface area contributed by atoms with Crippen molar-refractivity contribution in [3.05, 3.63) is 0 Å². The third kappa shape index (κ3) is 5.42. The number of nitrogens with one attached hydrogen (secondary N) is 1. The van der Waals surface area contributed by atoms with E-state index < -0.39 is 0 Å². The molecule has 2 rings (SSSR count). The Morgan fingerprint density at radius 1 is 1.32 bits per heavy atom. The van der Waals surface area contributed by atoms with Crippen molar-refractivity contribution in [1.29, 1.82) is 0 Å². The van der Waals surface area contributed by atoms with E-state index in [1.807, 2.05) is 0 Å². The number of likely N-dealkylation sites (N-methyl/N-ethyl adjacent to an activating group) is 1. The lowest BCUT2D eigenvalue weighted by atomic mass is 9.94. The van der Waals surface area contributed by atoms with Crippen LogP contribution >= 0.6 is 0 Å². The van der Waals surface area contributed by atoms with Gasteiger partial charge in [0.05, 0.1) is 0 Å². The van der Waals surface area contributed by atoms with E-state index in [1.54, 1.807) is 0 Å².